The maximum absolute atomic E-state index is 9.30. The second-order valence-electron chi connectivity index (χ2n) is 9.48. The highest BCUT2D eigenvalue weighted by atomic mass is 35.5. The minimum Gasteiger partial charge on any atom is -0.396 e. The molecule has 0 bridgehead atoms. The number of halogens is 3. The Hall–Kier alpha value is -2.29. The molecule has 0 amide bonds. The highest BCUT2D eigenvalue weighted by molar-refractivity contribution is 7.10. The van der Waals surface area contributed by atoms with Gasteiger partial charge in [0.05, 0.1) is 6.54 Å². The van der Waals surface area contributed by atoms with Crippen LogP contribution in [0.5, 0.6) is 0 Å². The molecule has 0 aliphatic heterocycles. The van der Waals surface area contributed by atoms with Crippen LogP contribution in [0.4, 0.5) is 17.7 Å². The van der Waals surface area contributed by atoms with Crippen LogP contribution in [0.3, 0.4) is 0 Å². The first-order chi connectivity index (χ1) is 19.7. The van der Waals surface area contributed by atoms with Gasteiger partial charge in [0.2, 0.25) is 11.9 Å². The molecule has 2 saturated carbocycles. The normalized spacial score (nSPS) is 19.8. The van der Waals surface area contributed by atoms with Crippen molar-refractivity contribution in [1.29, 1.82) is 0 Å². The Balaban J connectivity index is 0.000000188. The molecular weight excluding hydrogens is 639 g/mol. The van der Waals surface area contributed by atoms with Gasteiger partial charge >= 0.3 is 0 Å². The van der Waals surface area contributed by atoms with Gasteiger partial charge in [-0.3, -0.25) is 0 Å². The van der Waals surface area contributed by atoms with Crippen LogP contribution >= 0.6 is 57.5 Å². The molecule has 2 aliphatic rings. The average Bonchev–Trinajstić information content (AvgIpc) is 3.73. The summed E-state index contributed by atoms with van der Waals surface area (Å²) in [5, 5.41) is 26.5. The van der Waals surface area contributed by atoms with Crippen molar-refractivity contribution in [1.82, 2.24) is 25.3 Å². The zero-order valence-electron chi connectivity index (χ0n) is 21.9. The number of hydrogen-bond acceptors (Lipinski definition) is 12. The van der Waals surface area contributed by atoms with E-state index in [1.165, 1.54) is 15.8 Å². The largest absolute Gasteiger partial charge is 0.396 e. The molecule has 7 N–H and O–H groups in total. The average molecular weight is 674 g/mol. The van der Waals surface area contributed by atoms with E-state index < -0.39 is 0 Å². The van der Waals surface area contributed by atoms with Gasteiger partial charge in [0.1, 0.15) is 21.3 Å². The summed E-state index contributed by atoms with van der Waals surface area (Å²) in [5.41, 5.74) is 10.8. The Labute approximate surface area is 268 Å². The molecule has 0 radical (unpaired) electrons. The number of aliphatic hydroxyl groups excluding tert-OH is 2. The van der Waals surface area contributed by atoms with Gasteiger partial charge in [-0.1, -0.05) is 54.4 Å². The van der Waals surface area contributed by atoms with E-state index in [-0.39, 0.29) is 42.3 Å². The van der Waals surface area contributed by atoms with Gasteiger partial charge in [-0.2, -0.15) is 4.98 Å². The van der Waals surface area contributed by atoms with Crippen LogP contribution in [0.1, 0.15) is 30.0 Å². The molecule has 15 heteroatoms. The molecule has 4 aromatic rings. The third-order valence-corrected chi connectivity index (χ3v) is 8.69. The minimum atomic E-state index is 0. The Morgan fingerprint density at radius 3 is 1.88 bits per heavy atom. The third kappa shape index (κ3) is 10.8. The van der Waals surface area contributed by atoms with Crippen molar-refractivity contribution in [3.05, 3.63) is 72.4 Å². The third-order valence-electron chi connectivity index (χ3n) is 6.38. The van der Waals surface area contributed by atoms with Crippen molar-refractivity contribution in [3.8, 4) is 0 Å². The molecule has 2 aliphatic carbocycles. The number of hydrogen-bond donors (Lipinski definition) is 5. The molecule has 2 fully saturated rings. The number of nitrogens with zero attached hydrogens (tertiary/aromatic N) is 5. The molecule has 4 atom stereocenters. The van der Waals surface area contributed by atoms with Gasteiger partial charge in [-0.15, -0.1) is 22.7 Å². The van der Waals surface area contributed by atoms with E-state index in [1.54, 1.807) is 28.7 Å². The summed E-state index contributed by atoms with van der Waals surface area (Å²) in [7, 11) is 0. The van der Waals surface area contributed by atoms with Gasteiger partial charge in [-0.25, -0.2) is 15.0 Å². The summed E-state index contributed by atoms with van der Waals surface area (Å²) in [5.74, 6) is 1.80. The van der Waals surface area contributed by atoms with Gasteiger partial charge in [0, 0.05) is 59.6 Å². The first-order valence-electron chi connectivity index (χ1n) is 12.8. The molecule has 10 nitrogen and oxygen atoms in total. The summed E-state index contributed by atoms with van der Waals surface area (Å²) < 4.78 is 0. The zero-order chi connectivity index (χ0) is 29.4. The lowest BCUT2D eigenvalue weighted by Gasteiger charge is -2.23. The monoisotopic (exact) mass is 672 g/mol. The van der Waals surface area contributed by atoms with Crippen LogP contribution in [0.25, 0.3) is 0 Å². The van der Waals surface area contributed by atoms with Crippen LogP contribution in [-0.4, -0.2) is 55.4 Å². The highest BCUT2D eigenvalue weighted by Crippen LogP contribution is 2.39. The molecule has 0 saturated heterocycles. The fourth-order valence-electron chi connectivity index (χ4n) is 4.07. The number of thiophene rings is 2. The number of nitrogen functional groups attached to an aromatic ring is 2. The number of nitrogens with two attached hydrogens (primary N) is 2. The quantitative estimate of drug-likeness (QED) is 0.146. The van der Waals surface area contributed by atoms with E-state index in [0.29, 0.717) is 29.6 Å². The SMILES string of the molecule is C.Nc1nc(Cl)cc(Cl)n1.Nc1nc(Cl)cc(N(Cc2cccs2)C2C[C@H]2CO)n1.OC[C@@H]1C[C@@H]1NCc1cccs1. The van der Waals surface area contributed by atoms with E-state index >= 15 is 0 Å². The minimum absolute atomic E-state index is 0. The van der Waals surface area contributed by atoms with Crippen molar-refractivity contribution in [2.24, 2.45) is 11.8 Å². The summed E-state index contributed by atoms with van der Waals surface area (Å²) in [4.78, 5) is 20.1. The van der Waals surface area contributed by atoms with Crippen LogP contribution < -0.4 is 21.7 Å². The maximum atomic E-state index is 9.30. The number of rotatable bonds is 9. The Morgan fingerprint density at radius 1 is 0.833 bits per heavy atom. The van der Waals surface area contributed by atoms with Gasteiger partial charge in [0.25, 0.3) is 0 Å². The molecule has 0 spiro atoms. The summed E-state index contributed by atoms with van der Waals surface area (Å²) >= 11 is 20.3. The van der Waals surface area contributed by atoms with E-state index in [9.17, 15) is 5.11 Å². The topological polar surface area (TPSA) is 159 Å². The number of aliphatic hydroxyl groups is 2. The van der Waals surface area contributed by atoms with Crippen LogP contribution in [-0.2, 0) is 13.1 Å². The van der Waals surface area contributed by atoms with Crippen LogP contribution in [0, 0.1) is 11.8 Å². The van der Waals surface area contributed by atoms with Gasteiger partial charge < -0.3 is 31.9 Å². The Kier molecular flexibility index (Phi) is 13.5. The second-order valence-corrected chi connectivity index (χ2v) is 12.7. The standard InChI is InChI=1S/C13H15ClN4OS.C9H13NOS.C4H3Cl2N3.CH4/c14-11-5-12(17-13(15)16-11)18(10-4-8(10)7-19)6-9-2-1-3-20-9;11-6-7-4-9(7)10-5-8-2-1-3-12-8;5-2-1-3(6)9-4(7)8-2;/h1-3,5,8,10,19H,4,6-7H2,(H2,15,16,17);1-3,7,9-11H,4-6H2;1H,(H2,7,8,9);1H4/t8-,10?;7-,9-;;/m00../s1. The molecule has 228 valence electrons. The zero-order valence-corrected chi connectivity index (χ0v) is 25.8. The molecule has 1 unspecified atom stereocenters. The second kappa shape index (κ2) is 16.5. The van der Waals surface area contributed by atoms with Crippen molar-refractivity contribution in [2.75, 3.05) is 29.6 Å². The predicted molar refractivity (Wildman–Crippen MR) is 174 cm³/mol. The lowest BCUT2D eigenvalue weighted by atomic mass is 10.3. The van der Waals surface area contributed by atoms with E-state index in [1.807, 2.05) is 11.4 Å². The lowest BCUT2D eigenvalue weighted by Crippen LogP contribution is -2.28. The van der Waals surface area contributed by atoms with Crippen molar-refractivity contribution in [3.63, 3.8) is 0 Å². The first kappa shape index (κ1) is 34.2. The fourth-order valence-corrected chi connectivity index (χ4v) is 6.05. The van der Waals surface area contributed by atoms with E-state index in [0.717, 1.165) is 31.7 Å². The van der Waals surface area contributed by atoms with E-state index in [4.69, 9.17) is 51.4 Å². The van der Waals surface area contributed by atoms with Crippen molar-refractivity contribution < 1.29 is 10.2 Å². The summed E-state index contributed by atoms with van der Waals surface area (Å²) in [6.45, 7) is 2.23. The molecular formula is C27H35Cl3N8O2S2. The number of anilines is 3. The van der Waals surface area contributed by atoms with Gasteiger partial charge in [0.15, 0.2) is 0 Å². The van der Waals surface area contributed by atoms with Crippen molar-refractivity contribution in [2.45, 2.75) is 45.4 Å². The molecule has 42 heavy (non-hydrogen) atoms. The number of nitrogens with one attached hydrogen (secondary N) is 1. The Morgan fingerprint density at radius 2 is 1.40 bits per heavy atom. The van der Waals surface area contributed by atoms with E-state index in [2.05, 4.69) is 53.7 Å². The van der Waals surface area contributed by atoms with Gasteiger partial charge in [-0.05, 0) is 41.7 Å². The Bertz CT molecular complexity index is 1300. The highest BCUT2D eigenvalue weighted by Gasteiger charge is 2.42. The predicted octanol–water partition coefficient (Wildman–Crippen LogP) is 5.38. The van der Waals surface area contributed by atoms with Crippen LogP contribution in [0.15, 0.2) is 47.2 Å². The lowest BCUT2D eigenvalue weighted by molar-refractivity contribution is 0.270. The summed E-state index contributed by atoms with van der Waals surface area (Å²) in [6, 6.07) is 12.3. The van der Waals surface area contributed by atoms with Crippen molar-refractivity contribution >= 4 is 75.2 Å². The molecule has 6 rings (SSSR count). The van der Waals surface area contributed by atoms with Crippen LogP contribution in [0.2, 0.25) is 15.5 Å². The number of aromatic nitrogens is 4. The summed E-state index contributed by atoms with van der Waals surface area (Å²) in [6.07, 6.45) is 2.10. The molecule has 0 aromatic carbocycles. The molecule has 4 heterocycles. The smallest absolute Gasteiger partial charge is 0.223 e. The maximum Gasteiger partial charge on any atom is 0.223 e. The fraction of sp³-hybridized carbons (Fsp3) is 0.407. The first-order valence-corrected chi connectivity index (χ1v) is 15.7. The molecule has 4 aromatic heterocycles.